The Morgan fingerprint density at radius 2 is 1.64 bits per heavy atom. The number of carbonyl (C=O) groups excluding carboxylic acids is 1. The van der Waals surface area contributed by atoms with Gasteiger partial charge in [-0.05, 0) is 52.1 Å². The number of piperidine rings is 1. The van der Waals surface area contributed by atoms with Crippen molar-refractivity contribution in [1.82, 2.24) is 10.2 Å². The molecule has 2 rings (SSSR count). The van der Waals surface area contributed by atoms with Crippen molar-refractivity contribution >= 4 is 18.0 Å². The van der Waals surface area contributed by atoms with Gasteiger partial charge in [0.05, 0.1) is 0 Å². The van der Waals surface area contributed by atoms with E-state index < -0.39 is 11.9 Å². The van der Waals surface area contributed by atoms with E-state index in [2.05, 4.69) is 5.32 Å². The highest BCUT2D eigenvalue weighted by Gasteiger charge is 2.37. The van der Waals surface area contributed by atoms with E-state index in [4.69, 9.17) is 24.5 Å². The fourth-order valence-electron chi connectivity index (χ4n) is 2.55. The molecule has 2 fully saturated rings. The SMILES string of the molecule is CC(C)(C)OC(=O)N1C[C@H]2CNCC[C@H]2C1.O=C(O)C(=O)O. The summed E-state index contributed by atoms with van der Waals surface area (Å²) in [5, 5.41) is 18.2. The number of rotatable bonds is 0. The van der Waals surface area contributed by atoms with Gasteiger partial charge in [-0.15, -0.1) is 0 Å². The Labute approximate surface area is 129 Å². The number of carbonyl (C=O) groups is 3. The van der Waals surface area contributed by atoms with Crippen LogP contribution in [-0.4, -0.2) is 64.9 Å². The van der Waals surface area contributed by atoms with E-state index in [1.165, 1.54) is 6.42 Å². The summed E-state index contributed by atoms with van der Waals surface area (Å²) < 4.78 is 5.39. The first-order chi connectivity index (χ1) is 10.1. The minimum atomic E-state index is -1.82. The van der Waals surface area contributed by atoms with Crippen LogP contribution in [0.3, 0.4) is 0 Å². The fourth-order valence-corrected chi connectivity index (χ4v) is 2.55. The average molecular weight is 316 g/mol. The van der Waals surface area contributed by atoms with Crippen molar-refractivity contribution < 1.29 is 29.3 Å². The van der Waals surface area contributed by atoms with Gasteiger partial charge in [-0.3, -0.25) is 0 Å². The van der Waals surface area contributed by atoms with Crippen LogP contribution in [0.1, 0.15) is 27.2 Å². The molecule has 8 nitrogen and oxygen atoms in total. The zero-order chi connectivity index (χ0) is 16.9. The first-order valence-corrected chi connectivity index (χ1v) is 7.25. The van der Waals surface area contributed by atoms with Gasteiger partial charge in [-0.2, -0.15) is 0 Å². The van der Waals surface area contributed by atoms with Gasteiger partial charge in [0.25, 0.3) is 0 Å². The van der Waals surface area contributed by atoms with Crippen LogP contribution in [0.5, 0.6) is 0 Å². The number of carboxylic acids is 2. The molecule has 2 heterocycles. The topological polar surface area (TPSA) is 116 Å². The molecule has 1 amide bonds. The summed E-state index contributed by atoms with van der Waals surface area (Å²) in [4.78, 5) is 32.0. The molecule has 0 aromatic heterocycles. The van der Waals surface area contributed by atoms with Gasteiger partial charge in [0.2, 0.25) is 0 Å². The number of likely N-dealkylation sites (tertiary alicyclic amines) is 1. The van der Waals surface area contributed by atoms with E-state index in [-0.39, 0.29) is 11.7 Å². The third-order valence-corrected chi connectivity index (χ3v) is 3.51. The van der Waals surface area contributed by atoms with E-state index in [1.807, 2.05) is 25.7 Å². The highest BCUT2D eigenvalue weighted by Crippen LogP contribution is 2.28. The van der Waals surface area contributed by atoms with E-state index in [0.29, 0.717) is 11.8 Å². The number of nitrogens with one attached hydrogen (secondary N) is 1. The first kappa shape index (κ1) is 18.2. The zero-order valence-corrected chi connectivity index (χ0v) is 13.2. The van der Waals surface area contributed by atoms with Crippen molar-refractivity contribution in [3.05, 3.63) is 0 Å². The number of nitrogens with zero attached hydrogens (tertiary/aromatic N) is 1. The molecule has 126 valence electrons. The summed E-state index contributed by atoms with van der Waals surface area (Å²) in [6.45, 7) is 9.60. The maximum absolute atomic E-state index is 11.9. The van der Waals surface area contributed by atoms with Crippen LogP contribution in [0.4, 0.5) is 4.79 Å². The summed E-state index contributed by atoms with van der Waals surface area (Å²) in [5.41, 5.74) is -0.386. The minimum Gasteiger partial charge on any atom is -0.473 e. The number of ether oxygens (including phenoxy) is 1. The Bertz CT molecular complexity index is 406. The second kappa shape index (κ2) is 7.44. The fraction of sp³-hybridized carbons (Fsp3) is 0.786. The maximum atomic E-state index is 11.9. The Hall–Kier alpha value is -1.83. The van der Waals surface area contributed by atoms with Gasteiger partial charge >= 0.3 is 18.0 Å². The Morgan fingerprint density at radius 3 is 2.09 bits per heavy atom. The van der Waals surface area contributed by atoms with Crippen LogP contribution in [0.2, 0.25) is 0 Å². The van der Waals surface area contributed by atoms with Gasteiger partial charge < -0.3 is 25.2 Å². The van der Waals surface area contributed by atoms with Crippen LogP contribution in [0, 0.1) is 11.8 Å². The van der Waals surface area contributed by atoms with Crippen LogP contribution >= 0.6 is 0 Å². The lowest BCUT2D eigenvalue weighted by Gasteiger charge is -2.24. The maximum Gasteiger partial charge on any atom is 0.414 e. The van der Waals surface area contributed by atoms with Crippen molar-refractivity contribution in [3.63, 3.8) is 0 Å². The molecule has 2 aliphatic heterocycles. The molecule has 0 bridgehead atoms. The van der Waals surface area contributed by atoms with Crippen LogP contribution < -0.4 is 5.32 Å². The van der Waals surface area contributed by atoms with Gasteiger partial charge in [-0.25, -0.2) is 14.4 Å². The Morgan fingerprint density at radius 1 is 1.09 bits per heavy atom. The van der Waals surface area contributed by atoms with Crippen LogP contribution in [-0.2, 0) is 14.3 Å². The lowest BCUT2D eigenvalue weighted by atomic mass is 9.90. The summed E-state index contributed by atoms with van der Waals surface area (Å²) in [7, 11) is 0. The predicted octanol–water partition coefficient (Wildman–Crippen LogP) is 0.618. The van der Waals surface area contributed by atoms with E-state index in [0.717, 1.165) is 26.2 Å². The summed E-state index contributed by atoms with van der Waals surface area (Å²) >= 11 is 0. The molecule has 0 aliphatic carbocycles. The standard InChI is InChI=1S/C12H22N2O2.C2H2O4/c1-12(2,3)16-11(15)14-7-9-4-5-13-6-10(9)8-14;3-1(4)2(5)6/h9-10,13H,4-8H2,1-3H3;(H,3,4)(H,5,6)/t9-,10+;/m0./s1. The molecule has 0 aromatic carbocycles. The smallest absolute Gasteiger partial charge is 0.414 e. The molecule has 2 saturated heterocycles. The molecule has 0 aromatic rings. The number of hydrogen-bond acceptors (Lipinski definition) is 5. The van der Waals surface area contributed by atoms with Gasteiger partial charge in [0.15, 0.2) is 0 Å². The third-order valence-electron chi connectivity index (χ3n) is 3.51. The predicted molar refractivity (Wildman–Crippen MR) is 77.5 cm³/mol. The average Bonchev–Trinajstić information content (AvgIpc) is 2.81. The van der Waals surface area contributed by atoms with Gasteiger partial charge in [0.1, 0.15) is 5.60 Å². The van der Waals surface area contributed by atoms with Crippen molar-refractivity contribution in [2.75, 3.05) is 26.2 Å². The lowest BCUT2D eigenvalue weighted by Crippen LogP contribution is -2.36. The monoisotopic (exact) mass is 316 g/mol. The molecule has 0 spiro atoms. The highest BCUT2D eigenvalue weighted by molar-refractivity contribution is 6.27. The van der Waals surface area contributed by atoms with Crippen molar-refractivity contribution in [2.45, 2.75) is 32.8 Å². The normalized spacial score (nSPS) is 23.9. The second-order valence-corrected chi connectivity index (χ2v) is 6.51. The summed E-state index contributed by atoms with van der Waals surface area (Å²) in [5.74, 6) is -2.35. The van der Waals surface area contributed by atoms with Gasteiger partial charge in [-0.1, -0.05) is 0 Å². The molecule has 2 atom stereocenters. The molecule has 8 heteroatoms. The summed E-state index contributed by atoms with van der Waals surface area (Å²) in [6, 6.07) is 0. The third kappa shape index (κ3) is 5.88. The quantitative estimate of drug-likeness (QED) is 0.561. The largest absolute Gasteiger partial charge is 0.473 e. The van der Waals surface area contributed by atoms with Crippen LogP contribution in [0.25, 0.3) is 0 Å². The van der Waals surface area contributed by atoms with Crippen molar-refractivity contribution in [1.29, 1.82) is 0 Å². The molecular formula is C14H24N2O6. The number of aliphatic carboxylic acids is 2. The van der Waals surface area contributed by atoms with Gasteiger partial charge in [0, 0.05) is 13.1 Å². The highest BCUT2D eigenvalue weighted by atomic mass is 16.6. The van der Waals surface area contributed by atoms with Crippen molar-refractivity contribution in [3.8, 4) is 0 Å². The number of amides is 1. The second-order valence-electron chi connectivity index (χ2n) is 6.51. The minimum absolute atomic E-state index is 0.151. The lowest BCUT2D eigenvalue weighted by molar-refractivity contribution is -0.159. The molecule has 2 aliphatic rings. The summed E-state index contributed by atoms with van der Waals surface area (Å²) in [6.07, 6.45) is 1.03. The molecule has 3 N–H and O–H groups in total. The molecular weight excluding hydrogens is 292 g/mol. The Kier molecular flexibility index (Phi) is 6.16. The van der Waals surface area contributed by atoms with Crippen molar-refractivity contribution in [2.24, 2.45) is 11.8 Å². The number of hydrogen-bond donors (Lipinski definition) is 3. The van der Waals surface area contributed by atoms with E-state index in [1.54, 1.807) is 0 Å². The Balaban J connectivity index is 0.000000346. The first-order valence-electron chi connectivity index (χ1n) is 7.25. The molecule has 22 heavy (non-hydrogen) atoms. The molecule has 0 unspecified atom stereocenters. The number of fused-ring (bicyclic) bond motifs is 1. The van der Waals surface area contributed by atoms with Crippen LogP contribution in [0.15, 0.2) is 0 Å². The van der Waals surface area contributed by atoms with E-state index in [9.17, 15) is 4.79 Å². The molecule has 0 radical (unpaired) electrons. The zero-order valence-electron chi connectivity index (χ0n) is 13.2. The number of carboxylic acid groups (broad SMARTS) is 2. The molecule has 0 saturated carbocycles. The van der Waals surface area contributed by atoms with E-state index >= 15 is 0 Å².